The predicted molar refractivity (Wildman–Crippen MR) is 148 cm³/mol. The molecule has 4 rings (SSSR count). The van der Waals surface area contributed by atoms with Crippen molar-refractivity contribution in [3.8, 4) is 0 Å². The van der Waals surface area contributed by atoms with Gasteiger partial charge >= 0.3 is 5.97 Å². The van der Waals surface area contributed by atoms with Gasteiger partial charge in [-0.2, -0.15) is 0 Å². The maximum Gasteiger partial charge on any atom is 0.303 e. The van der Waals surface area contributed by atoms with Crippen LogP contribution in [0.5, 0.6) is 0 Å². The zero-order valence-corrected chi connectivity index (χ0v) is 25.4. The van der Waals surface area contributed by atoms with E-state index in [4.69, 9.17) is 4.74 Å². The van der Waals surface area contributed by atoms with E-state index in [0.717, 1.165) is 5.57 Å². The monoisotopic (exact) mass is 558 g/mol. The maximum absolute atomic E-state index is 14.3. The fourth-order valence-electron chi connectivity index (χ4n) is 9.06. The SMILES string of the molecule is CC(=O)OC(C)(C)CCC(=O)C(C)(O)C1C(O)CC2(C)C3CC=C4C(=CC(=O)C(O)C4(C)C)C3(C)C(=O)CC12C. The minimum atomic E-state index is -1.92. The Bertz CT molecular complexity index is 1220. The molecular formula is C32H46O8. The van der Waals surface area contributed by atoms with Crippen LogP contribution < -0.4 is 0 Å². The van der Waals surface area contributed by atoms with Gasteiger partial charge in [-0.3, -0.25) is 19.2 Å². The summed E-state index contributed by atoms with van der Waals surface area (Å²) < 4.78 is 5.31. The molecule has 3 N–H and O–H groups in total. The minimum absolute atomic E-state index is 0.0301. The van der Waals surface area contributed by atoms with Gasteiger partial charge in [0.25, 0.3) is 0 Å². The zero-order chi connectivity index (χ0) is 30.4. The number of esters is 1. The summed E-state index contributed by atoms with van der Waals surface area (Å²) in [6.07, 6.45) is 2.22. The quantitative estimate of drug-likeness (QED) is 0.420. The largest absolute Gasteiger partial charge is 0.460 e. The van der Waals surface area contributed by atoms with Crippen molar-refractivity contribution in [3.05, 3.63) is 23.3 Å². The first-order valence-corrected chi connectivity index (χ1v) is 14.4. The summed E-state index contributed by atoms with van der Waals surface area (Å²) in [5.41, 5.74) is -4.77. The summed E-state index contributed by atoms with van der Waals surface area (Å²) in [5, 5.41) is 34.0. The molecule has 2 saturated carbocycles. The molecule has 0 spiro atoms. The number of ether oxygens (including phenoxy) is 1. The number of Topliss-reactive ketones (excluding diaryl/α,β-unsaturated/α-hetero) is 2. The van der Waals surface area contributed by atoms with Crippen molar-refractivity contribution in [1.82, 2.24) is 0 Å². The van der Waals surface area contributed by atoms with Crippen molar-refractivity contribution in [1.29, 1.82) is 0 Å². The topological polar surface area (TPSA) is 138 Å². The van der Waals surface area contributed by atoms with E-state index >= 15 is 0 Å². The van der Waals surface area contributed by atoms with Gasteiger partial charge in [0.05, 0.1) is 11.5 Å². The Labute approximate surface area is 237 Å². The summed E-state index contributed by atoms with van der Waals surface area (Å²) in [6, 6.07) is 0. The summed E-state index contributed by atoms with van der Waals surface area (Å²) in [7, 11) is 0. The molecule has 8 nitrogen and oxygen atoms in total. The first-order chi connectivity index (χ1) is 18.1. The summed E-state index contributed by atoms with van der Waals surface area (Å²) in [4.78, 5) is 52.1. The van der Waals surface area contributed by atoms with Gasteiger partial charge in [-0.1, -0.05) is 33.8 Å². The Kier molecular flexibility index (Phi) is 7.06. The second-order valence-electron chi connectivity index (χ2n) is 14.8. The fourth-order valence-corrected chi connectivity index (χ4v) is 9.06. The lowest BCUT2D eigenvalue weighted by atomic mass is 9.40. The average molecular weight is 559 g/mol. The van der Waals surface area contributed by atoms with Crippen molar-refractivity contribution in [2.75, 3.05) is 0 Å². The molecule has 4 aliphatic rings. The molecule has 2 fully saturated rings. The molecule has 40 heavy (non-hydrogen) atoms. The van der Waals surface area contributed by atoms with Crippen LogP contribution in [0.2, 0.25) is 0 Å². The van der Waals surface area contributed by atoms with Crippen LogP contribution in [0.3, 0.4) is 0 Å². The lowest BCUT2D eigenvalue weighted by molar-refractivity contribution is -0.174. The number of rotatable bonds is 6. The Hall–Kier alpha value is -2.16. The Morgan fingerprint density at radius 2 is 1.62 bits per heavy atom. The maximum atomic E-state index is 14.3. The Morgan fingerprint density at radius 3 is 2.20 bits per heavy atom. The number of aliphatic hydroxyl groups is 3. The molecule has 8 atom stereocenters. The molecule has 0 saturated heterocycles. The van der Waals surface area contributed by atoms with Crippen LogP contribution >= 0.6 is 0 Å². The highest BCUT2D eigenvalue weighted by molar-refractivity contribution is 6.01. The van der Waals surface area contributed by atoms with Crippen LogP contribution in [-0.2, 0) is 23.9 Å². The molecule has 222 valence electrons. The zero-order valence-electron chi connectivity index (χ0n) is 25.4. The van der Waals surface area contributed by atoms with E-state index < -0.39 is 68.5 Å². The second-order valence-corrected chi connectivity index (χ2v) is 14.8. The molecule has 0 aromatic rings. The van der Waals surface area contributed by atoms with Crippen molar-refractivity contribution >= 4 is 23.3 Å². The summed E-state index contributed by atoms with van der Waals surface area (Å²) >= 11 is 0. The van der Waals surface area contributed by atoms with Gasteiger partial charge < -0.3 is 20.1 Å². The van der Waals surface area contributed by atoms with E-state index in [2.05, 4.69) is 0 Å². The Morgan fingerprint density at radius 1 is 1.02 bits per heavy atom. The van der Waals surface area contributed by atoms with Gasteiger partial charge in [-0.15, -0.1) is 0 Å². The molecule has 0 aromatic carbocycles. The third-order valence-electron chi connectivity index (χ3n) is 11.5. The van der Waals surface area contributed by atoms with E-state index in [1.54, 1.807) is 13.8 Å². The van der Waals surface area contributed by atoms with Crippen LogP contribution in [-0.4, -0.2) is 62.0 Å². The number of hydrogen-bond donors (Lipinski definition) is 3. The summed E-state index contributed by atoms with van der Waals surface area (Å²) in [5.74, 6) is -2.61. The van der Waals surface area contributed by atoms with Crippen LogP contribution in [0.1, 0.15) is 94.4 Å². The van der Waals surface area contributed by atoms with Gasteiger partial charge in [-0.25, -0.2) is 0 Å². The molecule has 0 aliphatic heterocycles. The Balaban J connectivity index is 1.73. The minimum Gasteiger partial charge on any atom is -0.460 e. The third-order valence-corrected chi connectivity index (χ3v) is 11.5. The predicted octanol–water partition coefficient (Wildman–Crippen LogP) is 3.64. The van der Waals surface area contributed by atoms with E-state index in [1.165, 1.54) is 19.9 Å². The van der Waals surface area contributed by atoms with Crippen LogP contribution in [0.15, 0.2) is 23.3 Å². The van der Waals surface area contributed by atoms with E-state index in [-0.39, 0.29) is 31.0 Å². The average Bonchev–Trinajstić information content (AvgIpc) is 3.01. The highest BCUT2D eigenvalue weighted by Crippen LogP contribution is 2.73. The second kappa shape index (κ2) is 9.17. The standard InChI is InChI=1S/C32H46O8/c1-17(33)40-27(2,3)13-12-23(36)32(9,39)25-21(35)15-29(6)22-11-10-18-19(14-20(34)26(38)28(18,4)5)31(22,8)24(37)16-30(25,29)7/h10,14,21-22,25-26,35,38-39H,11-13,15-16H2,1-9H3. The van der Waals surface area contributed by atoms with Gasteiger partial charge in [0.2, 0.25) is 0 Å². The van der Waals surface area contributed by atoms with Crippen molar-refractivity contribution in [2.45, 2.75) is 118 Å². The number of hydrogen-bond acceptors (Lipinski definition) is 8. The fraction of sp³-hybridized carbons (Fsp3) is 0.750. The number of carbonyl (C=O) groups excluding carboxylic acids is 4. The third kappa shape index (κ3) is 4.11. The van der Waals surface area contributed by atoms with E-state index in [9.17, 15) is 34.5 Å². The van der Waals surface area contributed by atoms with Crippen LogP contribution in [0, 0.1) is 33.5 Å². The number of allylic oxidation sites excluding steroid dienone is 2. The highest BCUT2D eigenvalue weighted by Gasteiger charge is 2.73. The van der Waals surface area contributed by atoms with Crippen molar-refractivity contribution in [3.63, 3.8) is 0 Å². The van der Waals surface area contributed by atoms with E-state index in [1.807, 2.05) is 40.7 Å². The van der Waals surface area contributed by atoms with E-state index in [0.29, 0.717) is 18.4 Å². The first-order valence-electron chi connectivity index (χ1n) is 14.4. The number of carbonyl (C=O) groups is 4. The molecule has 0 bridgehead atoms. The number of ketones is 3. The molecule has 8 unspecified atom stereocenters. The van der Waals surface area contributed by atoms with Crippen LogP contribution in [0.4, 0.5) is 0 Å². The van der Waals surface area contributed by atoms with Gasteiger partial charge in [0, 0.05) is 31.1 Å². The highest BCUT2D eigenvalue weighted by atomic mass is 16.6. The lowest BCUT2D eigenvalue weighted by Gasteiger charge is -2.62. The molecule has 8 heteroatoms. The summed E-state index contributed by atoms with van der Waals surface area (Å²) in [6.45, 7) is 15.6. The molecule has 0 amide bonds. The lowest BCUT2D eigenvalue weighted by Crippen LogP contribution is -2.63. The molecule has 0 aromatic heterocycles. The molecule has 0 radical (unpaired) electrons. The normalized spacial score (nSPS) is 40.2. The molecular weight excluding hydrogens is 512 g/mol. The smallest absolute Gasteiger partial charge is 0.303 e. The molecule has 4 aliphatic carbocycles. The van der Waals surface area contributed by atoms with Crippen LogP contribution in [0.25, 0.3) is 0 Å². The van der Waals surface area contributed by atoms with Gasteiger partial charge in [-0.05, 0) is 80.9 Å². The first kappa shape index (κ1) is 30.8. The number of aliphatic hydroxyl groups excluding tert-OH is 2. The number of fused-ring (bicyclic) bond motifs is 5. The van der Waals surface area contributed by atoms with Crippen molar-refractivity contribution in [2.24, 2.45) is 33.5 Å². The van der Waals surface area contributed by atoms with Gasteiger partial charge in [0.1, 0.15) is 23.1 Å². The molecule has 0 heterocycles. The van der Waals surface area contributed by atoms with Crippen molar-refractivity contribution < 1.29 is 39.2 Å². The van der Waals surface area contributed by atoms with Gasteiger partial charge in [0.15, 0.2) is 11.6 Å².